The Hall–Kier alpha value is -2.34. The molecule has 0 aliphatic heterocycles. The van der Waals surface area contributed by atoms with Crippen LogP contribution in [0.1, 0.15) is 41.8 Å². The summed E-state index contributed by atoms with van der Waals surface area (Å²) in [6.07, 6.45) is 0.983. The van der Waals surface area contributed by atoms with Crippen molar-refractivity contribution in [2.24, 2.45) is 5.92 Å². The molecule has 2 rings (SSSR count). The minimum atomic E-state index is -0.424. The van der Waals surface area contributed by atoms with Crippen LogP contribution in [0.2, 0.25) is 0 Å². The van der Waals surface area contributed by atoms with Crippen molar-refractivity contribution in [3.05, 3.63) is 63.2 Å². The van der Waals surface area contributed by atoms with Gasteiger partial charge in [0.25, 0.3) is 11.6 Å². The van der Waals surface area contributed by atoms with Crippen molar-refractivity contribution in [3.63, 3.8) is 0 Å². The van der Waals surface area contributed by atoms with Crippen LogP contribution in [0.4, 0.5) is 11.4 Å². The number of amides is 1. The van der Waals surface area contributed by atoms with E-state index in [0.29, 0.717) is 16.5 Å². The van der Waals surface area contributed by atoms with E-state index in [9.17, 15) is 14.9 Å². The number of thioether (sulfide) groups is 1. The molecule has 0 spiro atoms. The van der Waals surface area contributed by atoms with Gasteiger partial charge in [-0.15, -0.1) is 11.8 Å². The average Bonchev–Trinajstić information content (AvgIpc) is 2.58. The third kappa shape index (κ3) is 5.08. The molecule has 0 aromatic heterocycles. The fourth-order valence-corrected chi connectivity index (χ4v) is 3.66. The van der Waals surface area contributed by atoms with E-state index in [1.165, 1.54) is 17.8 Å². The molecule has 138 valence electrons. The van der Waals surface area contributed by atoms with Crippen molar-refractivity contribution in [2.75, 3.05) is 11.1 Å². The van der Waals surface area contributed by atoms with Crippen LogP contribution in [-0.2, 0) is 0 Å². The minimum absolute atomic E-state index is 0.0210. The van der Waals surface area contributed by atoms with Gasteiger partial charge in [-0.2, -0.15) is 0 Å². The number of rotatable bonds is 7. The summed E-state index contributed by atoms with van der Waals surface area (Å²) in [4.78, 5) is 24.1. The molecule has 0 atom stereocenters. The monoisotopic (exact) mass is 372 g/mol. The Morgan fingerprint density at radius 1 is 1.23 bits per heavy atom. The number of anilines is 1. The number of nitro benzene ring substituents is 1. The van der Waals surface area contributed by atoms with Gasteiger partial charge in [-0.3, -0.25) is 14.9 Å². The highest BCUT2D eigenvalue weighted by molar-refractivity contribution is 7.99. The molecule has 0 radical (unpaired) electrons. The highest BCUT2D eigenvalue weighted by Gasteiger charge is 2.18. The number of aryl methyl sites for hydroxylation is 1. The maximum Gasteiger partial charge on any atom is 0.283 e. The molecule has 0 bridgehead atoms. The number of hydrogen-bond donors (Lipinski definition) is 1. The number of nitrogens with zero attached hydrogens (tertiary/aromatic N) is 1. The SMILES string of the molecule is Cc1cccc(NC(=O)c2ccc(SCCC(C)C)c([N+](=O)[O-])c2)c1C. The first kappa shape index (κ1) is 20.0. The zero-order chi connectivity index (χ0) is 19.3. The van der Waals surface area contributed by atoms with Gasteiger partial charge in [0.1, 0.15) is 0 Å². The summed E-state index contributed by atoms with van der Waals surface area (Å²) in [5.74, 6) is 1.01. The van der Waals surface area contributed by atoms with Crippen molar-refractivity contribution < 1.29 is 9.72 Å². The van der Waals surface area contributed by atoms with Gasteiger partial charge < -0.3 is 5.32 Å². The summed E-state index contributed by atoms with van der Waals surface area (Å²) < 4.78 is 0. The molecule has 0 aliphatic carbocycles. The average molecular weight is 372 g/mol. The molecule has 5 nitrogen and oxygen atoms in total. The van der Waals surface area contributed by atoms with E-state index in [1.807, 2.05) is 32.0 Å². The Bertz CT molecular complexity index is 819. The zero-order valence-electron chi connectivity index (χ0n) is 15.5. The highest BCUT2D eigenvalue weighted by atomic mass is 32.2. The van der Waals surface area contributed by atoms with Crippen LogP contribution in [-0.4, -0.2) is 16.6 Å². The number of benzene rings is 2. The maximum atomic E-state index is 12.5. The number of nitro groups is 1. The molecule has 0 saturated heterocycles. The molecule has 1 amide bonds. The summed E-state index contributed by atoms with van der Waals surface area (Å²) >= 11 is 1.46. The molecule has 0 aliphatic rings. The summed E-state index contributed by atoms with van der Waals surface area (Å²) in [6, 6.07) is 10.3. The van der Waals surface area contributed by atoms with E-state index in [-0.39, 0.29) is 17.2 Å². The van der Waals surface area contributed by atoms with Crippen molar-refractivity contribution in [2.45, 2.75) is 39.0 Å². The van der Waals surface area contributed by atoms with Crippen LogP contribution in [0.15, 0.2) is 41.3 Å². The van der Waals surface area contributed by atoms with E-state index >= 15 is 0 Å². The van der Waals surface area contributed by atoms with Crippen molar-refractivity contribution in [1.29, 1.82) is 0 Å². The molecule has 0 heterocycles. The van der Waals surface area contributed by atoms with E-state index in [4.69, 9.17) is 0 Å². The van der Waals surface area contributed by atoms with Gasteiger partial charge in [-0.05, 0) is 61.3 Å². The summed E-state index contributed by atoms with van der Waals surface area (Å²) in [5, 5.41) is 14.3. The predicted molar refractivity (Wildman–Crippen MR) is 107 cm³/mol. The largest absolute Gasteiger partial charge is 0.322 e. The van der Waals surface area contributed by atoms with Gasteiger partial charge in [-0.1, -0.05) is 26.0 Å². The molecule has 6 heteroatoms. The molecule has 1 N–H and O–H groups in total. The summed E-state index contributed by atoms with van der Waals surface area (Å²) in [5.41, 5.74) is 3.04. The van der Waals surface area contributed by atoms with E-state index in [2.05, 4.69) is 19.2 Å². The van der Waals surface area contributed by atoms with Crippen molar-refractivity contribution in [3.8, 4) is 0 Å². The number of carbonyl (C=O) groups excluding carboxylic acids is 1. The summed E-state index contributed by atoms with van der Waals surface area (Å²) in [7, 11) is 0. The molecule has 0 unspecified atom stereocenters. The lowest BCUT2D eigenvalue weighted by atomic mass is 10.1. The molecular weight excluding hydrogens is 348 g/mol. The number of nitrogens with one attached hydrogen (secondary N) is 1. The lowest BCUT2D eigenvalue weighted by molar-refractivity contribution is -0.387. The third-order valence-corrected chi connectivity index (χ3v) is 5.32. The van der Waals surface area contributed by atoms with Crippen molar-refractivity contribution in [1.82, 2.24) is 0 Å². The van der Waals surface area contributed by atoms with E-state index in [1.54, 1.807) is 12.1 Å². The second-order valence-corrected chi connectivity index (χ2v) is 7.81. The lowest BCUT2D eigenvalue weighted by Crippen LogP contribution is -2.13. The third-order valence-electron chi connectivity index (χ3n) is 4.22. The zero-order valence-corrected chi connectivity index (χ0v) is 16.4. The fraction of sp³-hybridized carbons (Fsp3) is 0.350. The number of carbonyl (C=O) groups is 1. The molecule has 2 aromatic carbocycles. The fourth-order valence-electron chi connectivity index (χ4n) is 2.41. The topological polar surface area (TPSA) is 72.2 Å². The van der Waals surface area contributed by atoms with Crippen molar-refractivity contribution >= 4 is 29.0 Å². The molecule has 2 aromatic rings. The van der Waals surface area contributed by atoms with E-state index in [0.717, 1.165) is 23.3 Å². The molecule has 26 heavy (non-hydrogen) atoms. The van der Waals surface area contributed by atoms with Crippen LogP contribution in [0.3, 0.4) is 0 Å². The number of hydrogen-bond acceptors (Lipinski definition) is 4. The van der Waals surface area contributed by atoms with E-state index < -0.39 is 4.92 Å². The second kappa shape index (κ2) is 8.85. The molecular formula is C20H24N2O3S. The standard InChI is InChI=1S/C20H24N2O3S/c1-13(2)10-11-26-19-9-8-16(12-18(19)22(24)25)20(23)21-17-7-5-6-14(3)15(17)4/h5-9,12-13H,10-11H2,1-4H3,(H,21,23). The van der Waals surface area contributed by atoms with Crippen LogP contribution in [0.5, 0.6) is 0 Å². The highest BCUT2D eigenvalue weighted by Crippen LogP contribution is 2.31. The van der Waals surface area contributed by atoms with Gasteiger partial charge >= 0.3 is 0 Å². The Kier molecular flexibility index (Phi) is 6.80. The molecule has 0 fully saturated rings. The van der Waals surface area contributed by atoms with Gasteiger partial charge in [-0.25, -0.2) is 0 Å². The van der Waals surface area contributed by atoms with Gasteiger partial charge in [0, 0.05) is 17.3 Å². The summed E-state index contributed by atoms with van der Waals surface area (Å²) in [6.45, 7) is 8.15. The first-order chi connectivity index (χ1) is 12.3. The Balaban J connectivity index is 2.21. The smallest absolute Gasteiger partial charge is 0.283 e. The Morgan fingerprint density at radius 2 is 1.96 bits per heavy atom. The maximum absolute atomic E-state index is 12.5. The van der Waals surface area contributed by atoms with Crippen LogP contribution >= 0.6 is 11.8 Å². The predicted octanol–water partition coefficient (Wildman–Crippen LogP) is 5.60. The molecule has 0 saturated carbocycles. The first-order valence-corrected chi connectivity index (χ1v) is 9.57. The Labute approximate surface area is 158 Å². The van der Waals surface area contributed by atoms with Gasteiger partial charge in [0.2, 0.25) is 0 Å². The van der Waals surface area contributed by atoms with Crippen LogP contribution in [0, 0.1) is 29.9 Å². The quantitative estimate of drug-likeness (QED) is 0.390. The minimum Gasteiger partial charge on any atom is -0.322 e. The van der Waals surface area contributed by atoms with Crippen LogP contribution in [0.25, 0.3) is 0 Å². The van der Waals surface area contributed by atoms with Gasteiger partial charge in [0.15, 0.2) is 0 Å². The second-order valence-electron chi connectivity index (χ2n) is 6.67. The first-order valence-electron chi connectivity index (χ1n) is 8.58. The lowest BCUT2D eigenvalue weighted by Gasteiger charge is -2.11. The Morgan fingerprint density at radius 3 is 2.62 bits per heavy atom. The normalized spacial score (nSPS) is 10.8. The van der Waals surface area contributed by atoms with Gasteiger partial charge in [0.05, 0.1) is 9.82 Å². The van der Waals surface area contributed by atoms with Crippen LogP contribution < -0.4 is 5.32 Å².